The number of aromatic nitrogens is 8. The van der Waals surface area contributed by atoms with Gasteiger partial charge in [-0.05, 0) is 45.7 Å². The molecule has 0 bridgehead atoms. The van der Waals surface area contributed by atoms with E-state index < -0.39 is 10.0 Å². The van der Waals surface area contributed by atoms with Gasteiger partial charge in [-0.3, -0.25) is 4.68 Å². The lowest BCUT2D eigenvalue weighted by Gasteiger charge is -2.10. The number of hydrogen-bond donors (Lipinski definition) is 2. The third-order valence-electron chi connectivity index (χ3n) is 6.70. The van der Waals surface area contributed by atoms with Crippen molar-refractivity contribution in [1.82, 2.24) is 38.5 Å². The van der Waals surface area contributed by atoms with E-state index in [0.717, 1.165) is 31.9 Å². The van der Waals surface area contributed by atoms with Crippen molar-refractivity contribution in [1.29, 1.82) is 0 Å². The van der Waals surface area contributed by atoms with Crippen molar-refractivity contribution in [2.75, 3.05) is 11.9 Å². The molecule has 13 heteroatoms. The van der Waals surface area contributed by atoms with Gasteiger partial charge in [-0.25, -0.2) is 23.4 Å². The first-order valence-electron chi connectivity index (χ1n) is 12.8. The summed E-state index contributed by atoms with van der Waals surface area (Å²) < 4.78 is 30.0. The Morgan fingerprint density at radius 3 is 2.69 bits per heavy atom. The Hall–Kier alpha value is -4.10. The van der Waals surface area contributed by atoms with Gasteiger partial charge in [-0.1, -0.05) is 0 Å². The van der Waals surface area contributed by atoms with E-state index in [-0.39, 0.29) is 17.9 Å². The van der Waals surface area contributed by atoms with Gasteiger partial charge in [-0.15, -0.1) is 0 Å². The van der Waals surface area contributed by atoms with Crippen LogP contribution in [0, 0.1) is 6.92 Å². The summed E-state index contributed by atoms with van der Waals surface area (Å²) in [4.78, 5) is 13.5. The molecule has 1 aliphatic rings. The van der Waals surface area contributed by atoms with Crippen LogP contribution in [0.3, 0.4) is 0 Å². The molecular formula is C26H29N9O3S. The van der Waals surface area contributed by atoms with Gasteiger partial charge in [0.15, 0.2) is 5.82 Å². The first-order chi connectivity index (χ1) is 18.7. The maximum Gasteiger partial charge on any atom is 0.256 e. The summed E-state index contributed by atoms with van der Waals surface area (Å²) in [6.45, 7) is 6.58. The minimum absolute atomic E-state index is 0.00129. The maximum absolute atomic E-state index is 12.5. The fourth-order valence-corrected chi connectivity index (χ4v) is 6.12. The molecule has 2 N–H and O–H groups in total. The highest BCUT2D eigenvalue weighted by Gasteiger charge is 2.37. The second-order valence-electron chi connectivity index (χ2n) is 9.98. The third-order valence-corrected chi connectivity index (χ3v) is 8.74. The molecule has 0 atom stereocenters. The van der Waals surface area contributed by atoms with Gasteiger partial charge in [0.2, 0.25) is 0 Å². The summed E-state index contributed by atoms with van der Waals surface area (Å²) in [7, 11) is -3.46. The molecule has 0 aromatic carbocycles. The lowest BCUT2D eigenvalue weighted by atomic mass is 10.1. The highest BCUT2D eigenvalue weighted by atomic mass is 32.2. The SMILES string of the molecule is Cc1cc(-c2cn(C(C)C)c3cc(Nc4ccnc(-c5cnn(S(=O)(=O)C6CC6)c5)n4)ncc23)n(CCO)n1. The summed E-state index contributed by atoms with van der Waals surface area (Å²) in [5, 5.41) is 21.9. The fourth-order valence-electron chi connectivity index (χ4n) is 4.65. The Balaban J connectivity index is 1.32. The van der Waals surface area contributed by atoms with E-state index in [1.807, 2.05) is 29.9 Å². The van der Waals surface area contributed by atoms with Crippen LogP contribution in [0.15, 0.2) is 49.2 Å². The molecule has 0 radical (unpaired) electrons. The van der Waals surface area contributed by atoms with Gasteiger partial charge < -0.3 is 15.0 Å². The number of nitrogens with zero attached hydrogens (tertiary/aromatic N) is 8. The zero-order valence-electron chi connectivity index (χ0n) is 21.9. The Labute approximate surface area is 225 Å². The Morgan fingerprint density at radius 2 is 1.95 bits per heavy atom. The van der Waals surface area contributed by atoms with Gasteiger partial charge in [0, 0.05) is 41.6 Å². The van der Waals surface area contributed by atoms with Gasteiger partial charge >= 0.3 is 0 Å². The predicted octanol–water partition coefficient (Wildman–Crippen LogP) is 3.52. The molecule has 5 aromatic heterocycles. The average molecular weight is 548 g/mol. The van der Waals surface area contributed by atoms with Crippen LogP contribution in [-0.2, 0) is 16.6 Å². The molecule has 6 rings (SSSR count). The van der Waals surface area contributed by atoms with Crippen molar-refractivity contribution in [2.24, 2.45) is 0 Å². The van der Waals surface area contributed by atoms with Crippen LogP contribution in [-0.4, -0.2) is 63.9 Å². The fraction of sp³-hybridized carbons (Fsp3) is 0.346. The largest absolute Gasteiger partial charge is 0.394 e. The molecule has 1 fully saturated rings. The number of aliphatic hydroxyl groups is 1. The van der Waals surface area contributed by atoms with E-state index in [1.54, 1.807) is 12.3 Å². The van der Waals surface area contributed by atoms with Crippen LogP contribution in [0.2, 0.25) is 0 Å². The van der Waals surface area contributed by atoms with Crippen molar-refractivity contribution in [3.05, 3.63) is 54.9 Å². The quantitative estimate of drug-likeness (QED) is 0.283. The normalized spacial score (nSPS) is 14.0. The van der Waals surface area contributed by atoms with E-state index in [4.69, 9.17) is 0 Å². The van der Waals surface area contributed by atoms with E-state index in [2.05, 4.69) is 55.1 Å². The van der Waals surface area contributed by atoms with Crippen LogP contribution < -0.4 is 5.32 Å². The number of aryl methyl sites for hydroxylation is 1. The number of aliphatic hydroxyl groups excluding tert-OH is 1. The molecular weight excluding hydrogens is 518 g/mol. The second kappa shape index (κ2) is 9.58. The molecule has 0 unspecified atom stereocenters. The lowest BCUT2D eigenvalue weighted by molar-refractivity contribution is 0.270. The van der Waals surface area contributed by atoms with Crippen LogP contribution in [0.25, 0.3) is 33.5 Å². The second-order valence-corrected chi connectivity index (χ2v) is 12.1. The molecule has 5 aromatic rings. The Morgan fingerprint density at radius 1 is 1.13 bits per heavy atom. The number of fused-ring (bicyclic) bond motifs is 1. The zero-order valence-corrected chi connectivity index (χ0v) is 22.7. The van der Waals surface area contributed by atoms with Crippen molar-refractivity contribution in [3.63, 3.8) is 0 Å². The van der Waals surface area contributed by atoms with E-state index in [1.165, 1.54) is 12.4 Å². The summed E-state index contributed by atoms with van der Waals surface area (Å²) >= 11 is 0. The molecule has 0 saturated heterocycles. The van der Waals surface area contributed by atoms with Crippen LogP contribution >= 0.6 is 0 Å². The average Bonchev–Trinajstić information content (AvgIpc) is 3.37. The number of nitrogens with one attached hydrogen (secondary N) is 1. The summed E-state index contributed by atoms with van der Waals surface area (Å²) in [5.74, 6) is 1.48. The molecule has 5 heterocycles. The molecule has 0 aliphatic heterocycles. The highest BCUT2D eigenvalue weighted by molar-refractivity contribution is 7.90. The van der Waals surface area contributed by atoms with E-state index in [0.29, 0.717) is 42.4 Å². The van der Waals surface area contributed by atoms with Crippen LogP contribution in [0.4, 0.5) is 11.6 Å². The molecule has 39 heavy (non-hydrogen) atoms. The monoisotopic (exact) mass is 547 g/mol. The lowest BCUT2D eigenvalue weighted by Crippen LogP contribution is -2.17. The molecule has 0 spiro atoms. The first kappa shape index (κ1) is 25.2. The topological polar surface area (TPSA) is 146 Å². The first-order valence-corrected chi connectivity index (χ1v) is 14.3. The number of anilines is 2. The predicted molar refractivity (Wildman–Crippen MR) is 147 cm³/mol. The minimum Gasteiger partial charge on any atom is -0.394 e. The zero-order chi connectivity index (χ0) is 27.3. The standard InChI is InChI=1S/C26H29N9O3S/c1-16(2)33-15-21(23-10-17(3)32-34(23)8-9-36)20-13-28-25(11-22(20)33)30-24-6-7-27-26(31-24)18-12-29-35(14-18)39(37,38)19-4-5-19/h6-7,10-16,19,36H,4-5,8-9H2,1-3H3,(H,27,28,30,31). The Bertz CT molecular complexity index is 1780. The summed E-state index contributed by atoms with van der Waals surface area (Å²) in [5.41, 5.74) is 4.31. The van der Waals surface area contributed by atoms with E-state index in [9.17, 15) is 13.5 Å². The van der Waals surface area contributed by atoms with Gasteiger partial charge in [0.1, 0.15) is 11.6 Å². The summed E-state index contributed by atoms with van der Waals surface area (Å²) in [6.07, 6.45) is 9.78. The van der Waals surface area contributed by atoms with Crippen LogP contribution in [0.1, 0.15) is 38.4 Å². The van der Waals surface area contributed by atoms with Crippen molar-refractivity contribution >= 4 is 32.6 Å². The van der Waals surface area contributed by atoms with Gasteiger partial charge in [-0.2, -0.15) is 14.3 Å². The number of hydrogen-bond acceptors (Lipinski definition) is 9. The van der Waals surface area contributed by atoms with Crippen LogP contribution in [0.5, 0.6) is 0 Å². The number of rotatable bonds is 9. The maximum atomic E-state index is 12.5. The molecule has 1 aliphatic carbocycles. The van der Waals surface area contributed by atoms with Crippen molar-refractivity contribution < 1.29 is 13.5 Å². The van der Waals surface area contributed by atoms with E-state index >= 15 is 0 Å². The molecule has 202 valence electrons. The molecule has 12 nitrogen and oxygen atoms in total. The Kier molecular flexibility index (Phi) is 6.19. The number of pyridine rings is 1. The van der Waals surface area contributed by atoms with Crippen molar-refractivity contribution in [2.45, 2.75) is 51.4 Å². The molecule has 1 saturated carbocycles. The summed E-state index contributed by atoms with van der Waals surface area (Å²) in [6, 6.07) is 5.91. The third kappa shape index (κ3) is 4.68. The molecule has 0 amide bonds. The van der Waals surface area contributed by atoms with Crippen molar-refractivity contribution in [3.8, 4) is 22.6 Å². The van der Waals surface area contributed by atoms with Gasteiger partial charge in [0.05, 0.1) is 53.3 Å². The minimum atomic E-state index is -3.46. The smallest absolute Gasteiger partial charge is 0.256 e. The highest BCUT2D eigenvalue weighted by Crippen LogP contribution is 2.34. The van der Waals surface area contributed by atoms with Gasteiger partial charge in [0.25, 0.3) is 10.0 Å².